The standard InChI is InChI=1S/C12H21N3O2.ClH/c1-8-10(9(2)17-15-8)5-6-11(16)14-12(3,4)7-13;/h5-7,13H2,1-4H3,(H,14,16);1H. The molecule has 0 aliphatic heterocycles. The number of carbonyl (C=O) groups is 1. The van der Waals surface area contributed by atoms with Gasteiger partial charge in [-0.05, 0) is 34.1 Å². The maximum absolute atomic E-state index is 11.7. The van der Waals surface area contributed by atoms with Crippen molar-refractivity contribution in [1.82, 2.24) is 10.5 Å². The van der Waals surface area contributed by atoms with E-state index in [0.29, 0.717) is 19.4 Å². The first-order valence-electron chi connectivity index (χ1n) is 5.78. The Morgan fingerprint density at radius 1 is 1.44 bits per heavy atom. The highest BCUT2D eigenvalue weighted by Gasteiger charge is 2.18. The lowest BCUT2D eigenvalue weighted by atomic mass is 10.0. The van der Waals surface area contributed by atoms with Gasteiger partial charge in [0.1, 0.15) is 5.76 Å². The van der Waals surface area contributed by atoms with Gasteiger partial charge in [-0.25, -0.2) is 0 Å². The molecular weight excluding hydrogens is 254 g/mol. The Labute approximate surface area is 114 Å². The van der Waals surface area contributed by atoms with Gasteiger partial charge in [0.25, 0.3) is 0 Å². The van der Waals surface area contributed by atoms with Gasteiger partial charge in [0.15, 0.2) is 0 Å². The zero-order valence-corrected chi connectivity index (χ0v) is 12.2. The molecule has 104 valence electrons. The number of aryl methyl sites for hydroxylation is 2. The summed E-state index contributed by atoms with van der Waals surface area (Å²) in [7, 11) is 0. The quantitative estimate of drug-likeness (QED) is 0.853. The lowest BCUT2D eigenvalue weighted by Gasteiger charge is -2.24. The Bertz CT molecular complexity index is 383. The number of nitrogens with zero attached hydrogens (tertiary/aromatic N) is 1. The maximum atomic E-state index is 11.7. The van der Waals surface area contributed by atoms with Crippen LogP contribution in [0.5, 0.6) is 0 Å². The summed E-state index contributed by atoms with van der Waals surface area (Å²) in [6.07, 6.45) is 1.07. The zero-order chi connectivity index (χ0) is 13.1. The summed E-state index contributed by atoms with van der Waals surface area (Å²) in [4.78, 5) is 11.7. The molecule has 0 unspecified atom stereocenters. The highest BCUT2D eigenvalue weighted by molar-refractivity contribution is 5.85. The molecule has 1 heterocycles. The minimum atomic E-state index is -0.351. The minimum Gasteiger partial charge on any atom is -0.361 e. The Kier molecular flexibility index (Phi) is 6.35. The van der Waals surface area contributed by atoms with Crippen molar-refractivity contribution in [1.29, 1.82) is 0 Å². The van der Waals surface area contributed by atoms with E-state index in [0.717, 1.165) is 17.0 Å². The number of rotatable bonds is 5. The van der Waals surface area contributed by atoms with E-state index in [2.05, 4.69) is 10.5 Å². The smallest absolute Gasteiger partial charge is 0.220 e. The van der Waals surface area contributed by atoms with Crippen LogP contribution >= 0.6 is 12.4 Å². The van der Waals surface area contributed by atoms with Crippen molar-refractivity contribution in [2.75, 3.05) is 6.54 Å². The first-order chi connectivity index (χ1) is 7.85. The first-order valence-corrected chi connectivity index (χ1v) is 5.78. The summed E-state index contributed by atoms with van der Waals surface area (Å²) >= 11 is 0. The molecule has 0 aliphatic carbocycles. The van der Waals surface area contributed by atoms with Gasteiger partial charge in [-0.15, -0.1) is 12.4 Å². The van der Waals surface area contributed by atoms with Crippen molar-refractivity contribution >= 4 is 18.3 Å². The molecule has 0 aliphatic rings. The maximum Gasteiger partial charge on any atom is 0.220 e. The predicted molar refractivity (Wildman–Crippen MR) is 72.8 cm³/mol. The summed E-state index contributed by atoms with van der Waals surface area (Å²) in [5.74, 6) is 0.786. The fraction of sp³-hybridized carbons (Fsp3) is 0.667. The highest BCUT2D eigenvalue weighted by atomic mass is 35.5. The topological polar surface area (TPSA) is 81.2 Å². The average molecular weight is 276 g/mol. The van der Waals surface area contributed by atoms with E-state index in [1.165, 1.54) is 0 Å². The van der Waals surface area contributed by atoms with Crippen molar-refractivity contribution in [2.45, 2.75) is 46.1 Å². The number of aromatic nitrogens is 1. The highest BCUT2D eigenvalue weighted by Crippen LogP contribution is 2.14. The molecule has 0 radical (unpaired) electrons. The molecule has 3 N–H and O–H groups in total. The Hall–Kier alpha value is -1.07. The molecule has 1 aromatic rings. The van der Waals surface area contributed by atoms with E-state index in [4.69, 9.17) is 10.3 Å². The average Bonchev–Trinajstić information content (AvgIpc) is 2.55. The van der Waals surface area contributed by atoms with Gasteiger partial charge in [-0.3, -0.25) is 4.79 Å². The number of amides is 1. The lowest BCUT2D eigenvalue weighted by Crippen LogP contribution is -2.48. The van der Waals surface area contributed by atoms with Crippen LogP contribution in [-0.2, 0) is 11.2 Å². The first kappa shape index (κ1) is 16.9. The Morgan fingerprint density at radius 2 is 2.06 bits per heavy atom. The van der Waals surface area contributed by atoms with Crippen LogP contribution in [-0.4, -0.2) is 23.1 Å². The lowest BCUT2D eigenvalue weighted by molar-refractivity contribution is -0.122. The van der Waals surface area contributed by atoms with Crippen molar-refractivity contribution in [3.63, 3.8) is 0 Å². The van der Waals surface area contributed by atoms with Crippen molar-refractivity contribution in [2.24, 2.45) is 5.73 Å². The SMILES string of the molecule is Cc1noc(C)c1CCC(=O)NC(C)(C)CN.Cl. The predicted octanol–water partition coefficient (Wildman–Crippen LogP) is 1.50. The van der Waals surface area contributed by atoms with Crippen molar-refractivity contribution < 1.29 is 9.32 Å². The fourth-order valence-electron chi connectivity index (χ4n) is 1.59. The van der Waals surface area contributed by atoms with Crippen molar-refractivity contribution in [3.05, 3.63) is 17.0 Å². The van der Waals surface area contributed by atoms with Gasteiger partial charge in [0.05, 0.1) is 5.69 Å². The molecule has 0 bridgehead atoms. The largest absolute Gasteiger partial charge is 0.361 e. The molecule has 0 saturated heterocycles. The van der Waals surface area contributed by atoms with Gasteiger partial charge in [-0.1, -0.05) is 5.16 Å². The third-order valence-electron chi connectivity index (χ3n) is 2.77. The second-order valence-corrected chi connectivity index (χ2v) is 4.94. The molecule has 0 fully saturated rings. The molecule has 18 heavy (non-hydrogen) atoms. The van der Waals surface area contributed by atoms with Crippen LogP contribution in [0.2, 0.25) is 0 Å². The fourth-order valence-corrected chi connectivity index (χ4v) is 1.59. The van der Waals surface area contributed by atoms with Crippen LogP contribution in [0, 0.1) is 13.8 Å². The van der Waals surface area contributed by atoms with E-state index in [1.54, 1.807) is 0 Å². The summed E-state index contributed by atoms with van der Waals surface area (Å²) < 4.78 is 5.05. The van der Waals surface area contributed by atoms with Gasteiger partial charge in [-0.2, -0.15) is 0 Å². The third-order valence-corrected chi connectivity index (χ3v) is 2.77. The molecule has 1 aromatic heterocycles. The van der Waals surface area contributed by atoms with Crippen LogP contribution < -0.4 is 11.1 Å². The number of hydrogen-bond acceptors (Lipinski definition) is 4. The molecule has 0 saturated carbocycles. The number of carbonyl (C=O) groups excluding carboxylic acids is 1. The molecule has 6 heteroatoms. The minimum absolute atomic E-state index is 0. The van der Waals surface area contributed by atoms with Crippen LogP contribution in [0.25, 0.3) is 0 Å². The molecule has 0 aromatic carbocycles. The number of hydrogen-bond donors (Lipinski definition) is 2. The van der Waals surface area contributed by atoms with Gasteiger partial charge in [0, 0.05) is 24.1 Å². The summed E-state index contributed by atoms with van der Waals surface area (Å²) in [6.45, 7) is 7.97. The van der Waals surface area contributed by atoms with E-state index in [-0.39, 0.29) is 23.9 Å². The molecule has 0 atom stereocenters. The number of halogens is 1. The number of nitrogens with one attached hydrogen (secondary N) is 1. The summed E-state index contributed by atoms with van der Waals surface area (Å²) in [5.41, 5.74) is 7.08. The second-order valence-electron chi connectivity index (χ2n) is 4.94. The molecule has 0 spiro atoms. The second kappa shape index (κ2) is 6.75. The van der Waals surface area contributed by atoms with E-state index in [9.17, 15) is 4.79 Å². The van der Waals surface area contributed by atoms with E-state index in [1.807, 2.05) is 27.7 Å². The van der Waals surface area contributed by atoms with Crippen LogP contribution in [0.4, 0.5) is 0 Å². The van der Waals surface area contributed by atoms with Gasteiger partial charge < -0.3 is 15.6 Å². The van der Waals surface area contributed by atoms with Gasteiger partial charge in [0.2, 0.25) is 5.91 Å². The molecule has 1 rings (SSSR count). The van der Waals surface area contributed by atoms with E-state index >= 15 is 0 Å². The molecule has 5 nitrogen and oxygen atoms in total. The zero-order valence-electron chi connectivity index (χ0n) is 11.4. The monoisotopic (exact) mass is 275 g/mol. The number of nitrogens with two attached hydrogens (primary N) is 1. The normalized spacial score (nSPS) is 10.9. The van der Waals surface area contributed by atoms with Gasteiger partial charge >= 0.3 is 0 Å². The van der Waals surface area contributed by atoms with E-state index < -0.39 is 0 Å². The molecular formula is C12H22ClN3O2. The summed E-state index contributed by atoms with van der Waals surface area (Å²) in [6, 6.07) is 0. The van der Waals surface area contributed by atoms with Crippen molar-refractivity contribution in [3.8, 4) is 0 Å². The van der Waals surface area contributed by atoms with Crippen LogP contribution in [0.1, 0.15) is 37.3 Å². The Morgan fingerprint density at radius 3 is 2.50 bits per heavy atom. The van der Waals surface area contributed by atoms with Crippen LogP contribution in [0.3, 0.4) is 0 Å². The Balaban J connectivity index is 0.00000289. The third kappa shape index (κ3) is 4.66. The summed E-state index contributed by atoms with van der Waals surface area (Å²) in [5, 5.41) is 6.75. The molecule has 1 amide bonds. The van der Waals surface area contributed by atoms with Crippen LogP contribution in [0.15, 0.2) is 4.52 Å².